The zero-order valence-electron chi connectivity index (χ0n) is 6.90. The molecule has 0 saturated heterocycles. The average Bonchev–Trinajstić information content (AvgIpc) is 2.33. The van der Waals surface area contributed by atoms with Gasteiger partial charge in [0.25, 0.3) is 0 Å². The molecule has 1 aromatic rings. The van der Waals surface area contributed by atoms with Crippen LogP contribution in [0, 0.1) is 17.0 Å². The van der Waals surface area contributed by atoms with Crippen LogP contribution in [0.4, 0.5) is 5.82 Å². The molecule has 0 amide bonds. The van der Waals surface area contributed by atoms with Crippen molar-refractivity contribution in [3.05, 3.63) is 20.8 Å². The minimum absolute atomic E-state index is 0.0263. The summed E-state index contributed by atoms with van der Waals surface area (Å²) < 4.78 is 1.31. The molecule has 0 aliphatic rings. The molecule has 72 valence electrons. The number of nitrogens with zero attached hydrogens (tertiary/aromatic N) is 3. The fourth-order valence-corrected chi connectivity index (χ4v) is 1.14. The molecule has 0 spiro atoms. The summed E-state index contributed by atoms with van der Waals surface area (Å²) in [6, 6.07) is 0. The van der Waals surface area contributed by atoms with Gasteiger partial charge in [-0.15, -0.1) is 0 Å². The van der Waals surface area contributed by atoms with E-state index in [1.54, 1.807) is 6.92 Å². The molecule has 0 unspecified atom stereocenters. The van der Waals surface area contributed by atoms with Crippen LogP contribution in [0.2, 0.25) is 5.02 Å². The fourth-order valence-electron chi connectivity index (χ4n) is 0.937. The maximum absolute atomic E-state index is 10.4. The van der Waals surface area contributed by atoms with E-state index in [2.05, 4.69) is 5.10 Å². The summed E-state index contributed by atoms with van der Waals surface area (Å²) in [7, 11) is 0. The van der Waals surface area contributed by atoms with Gasteiger partial charge in [0.15, 0.2) is 5.02 Å². The predicted octanol–water partition coefficient (Wildman–Crippen LogP) is 0.745. The highest BCUT2D eigenvalue weighted by Crippen LogP contribution is 2.25. The summed E-state index contributed by atoms with van der Waals surface area (Å²) in [5.41, 5.74) is 0.488. The van der Waals surface area contributed by atoms with Gasteiger partial charge >= 0.3 is 5.82 Å². The van der Waals surface area contributed by atoms with Crippen molar-refractivity contribution >= 4 is 17.4 Å². The highest BCUT2D eigenvalue weighted by atomic mass is 35.5. The third-order valence-corrected chi connectivity index (χ3v) is 2.04. The van der Waals surface area contributed by atoms with Crippen molar-refractivity contribution in [3.63, 3.8) is 0 Å². The van der Waals surface area contributed by atoms with Crippen molar-refractivity contribution in [2.24, 2.45) is 0 Å². The third kappa shape index (κ3) is 1.78. The van der Waals surface area contributed by atoms with E-state index in [-0.39, 0.29) is 24.0 Å². The lowest BCUT2D eigenvalue weighted by atomic mass is 10.4. The molecule has 7 heteroatoms. The Morgan fingerprint density at radius 1 is 1.77 bits per heavy atom. The van der Waals surface area contributed by atoms with Crippen LogP contribution in [-0.4, -0.2) is 26.4 Å². The van der Waals surface area contributed by atoms with Crippen molar-refractivity contribution in [1.29, 1.82) is 0 Å². The molecule has 0 aromatic carbocycles. The molecule has 0 aliphatic carbocycles. The third-order valence-electron chi connectivity index (χ3n) is 1.60. The van der Waals surface area contributed by atoms with Crippen molar-refractivity contribution < 1.29 is 10.0 Å². The summed E-state index contributed by atoms with van der Waals surface area (Å²) in [5, 5.41) is 22.6. The molecule has 1 rings (SSSR count). The number of halogens is 1. The molecule has 0 aliphatic heterocycles. The lowest BCUT2D eigenvalue weighted by Crippen LogP contribution is -2.05. The first kappa shape index (κ1) is 9.94. The largest absolute Gasteiger partial charge is 0.408 e. The number of aliphatic hydroxyl groups is 1. The Hall–Kier alpha value is -1.14. The minimum Gasteiger partial charge on any atom is -0.394 e. The van der Waals surface area contributed by atoms with Crippen LogP contribution in [-0.2, 0) is 6.54 Å². The number of hydrogen-bond donors (Lipinski definition) is 1. The molecule has 0 radical (unpaired) electrons. The summed E-state index contributed by atoms with van der Waals surface area (Å²) in [6.07, 6.45) is 0. The van der Waals surface area contributed by atoms with Crippen LogP contribution in [0.5, 0.6) is 0 Å². The second kappa shape index (κ2) is 3.71. The number of aliphatic hydroxyl groups excluding tert-OH is 1. The van der Waals surface area contributed by atoms with E-state index in [0.717, 1.165) is 0 Å². The Bertz CT molecular complexity index is 336. The zero-order chi connectivity index (χ0) is 10.0. The normalized spacial score (nSPS) is 10.4. The first-order chi connectivity index (χ1) is 6.07. The Morgan fingerprint density at radius 2 is 2.38 bits per heavy atom. The monoisotopic (exact) mass is 205 g/mol. The number of aromatic nitrogens is 2. The van der Waals surface area contributed by atoms with Crippen LogP contribution in [0.3, 0.4) is 0 Å². The summed E-state index contributed by atoms with van der Waals surface area (Å²) in [4.78, 5) is 9.72. The van der Waals surface area contributed by atoms with Crippen LogP contribution in [0.15, 0.2) is 0 Å². The van der Waals surface area contributed by atoms with Gasteiger partial charge in [-0.3, -0.25) is 0 Å². The Morgan fingerprint density at radius 3 is 2.77 bits per heavy atom. The van der Waals surface area contributed by atoms with Crippen molar-refractivity contribution in [2.75, 3.05) is 6.61 Å². The highest BCUT2D eigenvalue weighted by Gasteiger charge is 2.23. The smallest absolute Gasteiger partial charge is 0.394 e. The van der Waals surface area contributed by atoms with Crippen molar-refractivity contribution in [1.82, 2.24) is 9.78 Å². The topological polar surface area (TPSA) is 81.2 Å². The molecule has 0 bridgehead atoms. The number of rotatable bonds is 3. The minimum atomic E-state index is -0.650. The van der Waals surface area contributed by atoms with E-state index < -0.39 is 4.92 Å². The standard InChI is InChI=1S/C6H8ClN3O3/c1-4-5(7)6(10(12)13)8-9(4)2-3-11/h11H,2-3H2,1H3. The molecular weight excluding hydrogens is 198 g/mol. The summed E-state index contributed by atoms with van der Waals surface area (Å²) in [6.45, 7) is 1.69. The van der Waals surface area contributed by atoms with Gasteiger partial charge in [-0.1, -0.05) is 11.6 Å². The fraction of sp³-hybridized carbons (Fsp3) is 0.500. The lowest BCUT2D eigenvalue weighted by Gasteiger charge is -1.93. The van der Waals surface area contributed by atoms with E-state index in [4.69, 9.17) is 16.7 Å². The predicted molar refractivity (Wildman–Crippen MR) is 45.7 cm³/mol. The lowest BCUT2D eigenvalue weighted by molar-refractivity contribution is -0.389. The van der Waals surface area contributed by atoms with E-state index in [1.807, 2.05) is 0 Å². The van der Waals surface area contributed by atoms with Gasteiger partial charge in [0.05, 0.1) is 23.9 Å². The van der Waals surface area contributed by atoms with Crippen LogP contribution in [0.1, 0.15) is 5.69 Å². The maximum atomic E-state index is 10.4. The van der Waals surface area contributed by atoms with Gasteiger partial charge < -0.3 is 15.2 Å². The molecule has 0 saturated carbocycles. The second-order valence-electron chi connectivity index (χ2n) is 2.43. The van der Waals surface area contributed by atoms with Gasteiger partial charge in [-0.2, -0.15) is 4.68 Å². The van der Waals surface area contributed by atoms with Crippen LogP contribution < -0.4 is 0 Å². The Balaban J connectivity index is 3.12. The van der Waals surface area contributed by atoms with E-state index in [1.165, 1.54) is 4.68 Å². The molecule has 0 atom stereocenters. The first-order valence-electron chi connectivity index (χ1n) is 3.56. The van der Waals surface area contributed by atoms with Gasteiger partial charge in [0.2, 0.25) is 0 Å². The summed E-state index contributed by atoms with van der Waals surface area (Å²) in [5.74, 6) is -0.368. The maximum Gasteiger partial charge on any atom is 0.408 e. The second-order valence-corrected chi connectivity index (χ2v) is 2.80. The first-order valence-corrected chi connectivity index (χ1v) is 3.94. The molecule has 0 fully saturated rings. The van der Waals surface area contributed by atoms with Gasteiger partial charge in [0, 0.05) is 0 Å². The van der Waals surface area contributed by atoms with E-state index in [0.29, 0.717) is 5.69 Å². The van der Waals surface area contributed by atoms with Gasteiger partial charge in [-0.05, 0) is 11.8 Å². The molecule has 1 N–H and O–H groups in total. The van der Waals surface area contributed by atoms with Gasteiger partial charge in [0.1, 0.15) is 0 Å². The van der Waals surface area contributed by atoms with E-state index in [9.17, 15) is 10.1 Å². The Kier molecular flexibility index (Phi) is 2.84. The molecule has 6 nitrogen and oxygen atoms in total. The molecule has 1 heterocycles. The quantitative estimate of drug-likeness (QED) is 0.583. The van der Waals surface area contributed by atoms with E-state index >= 15 is 0 Å². The summed E-state index contributed by atoms with van der Waals surface area (Å²) >= 11 is 5.64. The molecule has 1 aromatic heterocycles. The SMILES string of the molecule is Cc1c(Cl)c([N+](=O)[O-])nn1CCO. The van der Waals surface area contributed by atoms with Gasteiger partial charge in [-0.25, -0.2) is 0 Å². The zero-order valence-corrected chi connectivity index (χ0v) is 7.65. The van der Waals surface area contributed by atoms with Crippen molar-refractivity contribution in [3.8, 4) is 0 Å². The van der Waals surface area contributed by atoms with Crippen LogP contribution >= 0.6 is 11.6 Å². The Labute approximate surface area is 78.9 Å². The number of hydrogen-bond acceptors (Lipinski definition) is 4. The number of nitro groups is 1. The van der Waals surface area contributed by atoms with Crippen LogP contribution in [0.25, 0.3) is 0 Å². The molecule has 13 heavy (non-hydrogen) atoms. The van der Waals surface area contributed by atoms with Crippen molar-refractivity contribution in [2.45, 2.75) is 13.5 Å². The molecular formula is C6H8ClN3O3. The highest BCUT2D eigenvalue weighted by molar-refractivity contribution is 6.33. The average molecular weight is 206 g/mol.